The Hall–Kier alpha value is -2.90. The number of imide groups is 1. The van der Waals surface area contributed by atoms with Crippen LogP contribution in [0.1, 0.15) is 39.0 Å². The lowest BCUT2D eigenvalue weighted by atomic mass is 9.75. The van der Waals surface area contributed by atoms with Crippen LogP contribution in [0.4, 0.5) is 10.5 Å². The second kappa shape index (κ2) is 8.00. The monoisotopic (exact) mass is 387 g/mol. The molecule has 0 radical (unpaired) electrons. The molecule has 4 amide bonds. The summed E-state index contributed by atoms with van der Waals surface area (Å²) in [6.07, 6.45) is 3.90. The fourth-order valence-electron chi connectivity index (χ4n) is 4.02. The quantitative estimate of drug-likeness (QED) is 0.726. The lowest BCUT2D eigenvalue weighted by Crippen LogP contribution is -2.50. The fourth-order valence-corrected chi connectivity index (χ4v) is 4.02. The van der Waals surface area contributed by atoms with Crippen LogP contribution in [0.25, 0.3) is 0 Å². The number of urea groups is 1. The highest BCUT2D eigenvalue weighted by atomic mass is 16.4. The van der Waals surface area contributed by atoms with E-state index in [4.69, 9.17) is 5.11 Å². The first-order valence-electron chi connectivity index (χ1n) is 9.57. The molecule has 2 fully saturated rings. The van der Waals surface area contributed by atoms with Gasteiger partial charge in [0.15, 0.2) is 0 Å². The normalized spacial score (nSPS) is 24.3. The van der Waals surface area contributed by atoms with Crippen LogP contribution in [-0.4, -0.2) is 52.4 Å². The first kappa shape index (κ1) is 19.9. The molecule has 1 aliphatic carbocycles. The summed E-state index contributed by atoms with van der Waals surface area (Å²) < 4.78 is 0. The third-order valence-electron chi connectivity index (χ3n) is 5.74. The second-order valence-electron chi connectivity index (χ2n) is 7.46. The van der Waals surface area contributed by atoms with Crippen LogP contribution in [0.5, 0.6) is 0 Å². The zero-order valence-electron chi connectivity index (χ0n) is 15.9. The summed E-state index contributed by atoms with van der Waals surface area (Å²) in [7, 11) is 0. The molecule has 28 heavy (non-hydrogen) atoms. The van der Waals surface area contributed by atoms with Crippen molar-refractivity contribution in [1.82, 2.24) is 10.2 Å². The highest BCUT2D eigenvalue weighted by molar-refractivity contribution is 6.11. The van der Waals surface area contributed by atoms with Crippen LogP contribution >= 0.6 is 0 Å². The van der Waals surface area contributed by atoms with Crippen molar-refractivity contribution in [3.63, 3.8) is 0 Å². The number of aliphatic carboxylic acids is 1. The van der Waals surface area contributed by atoms with Crippen molar-refractivity contribution >= 4 is 29.5 Å². The third kappa shape index (κ3) is 3.85. The Labute approximate surface area is 163 Å². The Balaban J connectivity index is 1.74. The molecule has 2 N–H and O–H groups in total. The van der Waals surface area contributed by atoms with Gasteiger partial charge in [-0.15, -0.1) is 0 Å². The van der Waals surface area contributed by atoms with E-state index in [1.165, 1.54) is 0 Å². The Morgan fingerprint density at radius 3 is 2.43 bits per heavy atom. The minimum atomic E-state index is -1.18. The maximum Gasteiger partial charge on any atom is 0.325 e. The van der Waals surface area contributed by atoms with E-state index >= 15 is 0 Å². The van der Waals surface area contributed by atoms with E-state index in [0.717, 1.165) is 29.1 Å². The van der Waals surface area contributed by atoms with Crippen molar-refractivity contribution in [3.05, 3.63) is 30.3 Å². The van der Waals surface area contributed by atoms with Crippen molar-refractivity contribution in [2.75, 3.05) is 18.0 Å². The minimum absolute atomic E-state index is 0.385. The van der Waals surface area contributed by atoms with E-state index < -0.39 is 36.5 Å². The largest absolute Gasteiger partial charge is 0.480 e. The number of nitrogens with one attached hydrogen (secondary N) is 1. The Morgan fingerprint density at radius 2 is 1.86 bits per heavy atom. The number of rotatable bonds is 6. The van der Waals surface area contributed by atoms with Gasteiger partial charge in [0.1, 0.15) is 18.6 Å². The summed E-state index contributed by atoms with van der Waals surface area (Å²) >= 11 is 0. The van der Waals surface area contributed by atoms with Gasteiger partial charge < -0.3 is 10.4 Å². The molecule has 1 aliphatic heterocycles. The first-order valence-corrected chi connectivity index (χ1v) is 9.57. The molecule has 0 atom stereocenters. The van der Waals surface area contributed by atoms with Crippen LogP contribution in [-0.2, 0) is 14.4 Å². The molecule has 0 unspecified atom stereocenters. The summed E-state index contributed by atoms with van der Waals surface area (Å²) in [5.41, 5.74) is -0.520. The highest BCUT2D eigenvalue weighted by Gasteiger charge is 2.52. The molecule has 1 aromatic rings. The average molecular weight is 387 g/mol. The van der Waals surface area contributed by atoms with E-state index in [0.29, 0.717) is 24.4 Å². The second-order valence-corrected chi connectivity index (χ2v) is 7.46. The smallest absolute Gasteiger partial charge is 0.325 e. The summed E-state index contributed by atoms with van der Waals surface area (Å²) in [6, 6.07) is 7.76. The molecular weight excluding hydrogens is 362 g/mol. The van der Waals surface area contributed by atoms with Gasteiger partial charge in [-0.3, -0.25) is 24.2 Å². The maximum atomic E-state index is 13.0. The van der Waals surface area contributed by atoms with Gasteiger partial charge in [-0.05, 0) is 43.7 Å². The highest BCUT2D eigenvalue weighted by Crippen LogP contribution is 2.37. The molecule has 0 aromatic heterocycles. The maximum absolute atomic E-state index is 13.0. The number of amides is 4. The van der Waals surface area contributed by atoms with Gasteiger partial charge in [0, 0.05) is 5.69 Å². The van der Waals surface area contributed by atoms with Crippen molar-refractivity contribution < 1.29 is 24.3 Å². The molecule has 1 saturated carbocycles. The number of para-hydroxylation sites is 1. The van der Waals surface area contributed by atoms with Gasteiger partial charge in [-0.25, -0.2) is 4.79 Å². The van der Waals surface area contributed by atoms with E-state index in [1.807, 2.05) is 0 Å². The molecule has 2 aliphatic rings. The van der Waals surface area contributed by atoms with Crippen LogP contribution in [0.2, 0.25) is 0 Å². The zero-order chi connectivity index (χ0) is 20.3. The Morgan fingerprint density at radius 1 is 1.21 bits per heavy atom. The topological polar surface area (TPSA) is 107 Å². The molecule has 150 valence electrons. The van der Waals surface area contributed by atoms with Crippen LogP contribution < -0.4 is 10.2 Å². The van der Waals surface area contributed by atoms with Crippen LogP contribution in [0.15, 0.2) is 30.3 Å². The van der Waals surface area contributed by atoms with Gasteiger partial charge in [-0.2, -0.15) is 0 Å². The first-order chi connectivity index (χ1) is 13.4. The van der Waals surface area contributed by atoms with Gasteiger partial charge in [0.05, 0.1) is 0 Å². The van der Waals surface area contributed by atoms with Gasteiger partial charge in [0.25, 0.3) is 5.91 Å². The van der Waals surface area contributed by atoms with Crippen molar-refractivity contribution in [1.29, 1.82) is 0 Å². The molecule has 3 rings (SSSR count). The van der Waals surface area contributed by atoms with E-state index in [2.05, 4.69) is 12.2 Å². The molecule has 1 heterocycles. The molecule has 1 aromatic carbocycles. The third-order valence-corrected chi connectivity index (χ3v) is 5.74. The zero-order valence-corrected chi connectivity index (χ0v) is 15.9. The molecule has 8 heteroatoms. The predicted octanol–water partition coefficient (Wildman–Crippen LogP) is 1.99. The lowest BCUT2D eigenvalue weighted by molar-refractivity contribution is -0.137. The molecular formula is C20H25N3O5. The summed E-state index contributed by atoms with van der Waals surface area (Å²) in [5, 5.41) is 11.9. The van der Waals surface area contributed by atoms with Gasteiger partial charge >= 0.3 is 12.0 Å². The van der Waals surface area contributed by atoms with Crippen molar-refractivity contribution in [2.45, 2.75) is 44.6 Å². The molecule has 0 bridgehead atoms. The lowest BCUT2D eigenvalue weighted by Gasteiger charge is -2.34. The number of hydrogen-bond acceptors (Lipinski definition) is 4. The average Bonchev–Trinajstić information content (AvgIpc) is 2.91. The number of carbonyl (C=O) groups is 4. The number of nitrogens with zero attached hydrogens (tertiary/aromatic N) is 2. The van der Waals surface area contributed by atoms with Crippen LogP contribution in [0, 0.1) is 5.92 Å². The number of benzene rings is 1. The van der Waals surface area contributed by atoms with Crippen molar-refractivity contribution in [3.8, 4) is 0 Å². The minimum Gasteiger partial charge on any atom is -0.480 e. The number of carboxylic acids is 1. The van der Waals surface area contributed by atoms with E-state index in [1.54, 1.807) is 30.3 Å². The summed E-state index contributed by atoms with van der Waals surface area (Å²) in [6.45, 7) is 1.09. The number of anilines is 1. The standard InChI is InChI=1S/C20H25N3O5/c1-2-14-8-10-20(11-9-14)18(27)23(19(28)21-20)12-16(24)22(13-17(25)26)15-6-4-3-5-7-15/h3-7,14H,2,8-13H2,1H3,(H,21,28)(H,25,26). The van der Waals surface area contributed by atoms with E-state index in [9.17, 15) is 19.2 Å². The fraction of sp³-hybridized carbons (Fsp3) is 0.500. The Bertz CT molecular complexity index is 771. The number of hydrogen-bond donors (Lipinski definition) is 2. The SMILES string of the molecule is CCC1CCC2(CC1)NC(=O)N(CC(=O)N(CC(=O)O)c1ccccc1)C2=O. The van der Waals surface area contributed by atoms with Gasteiger partial charge in [-0.1, -0.05) is 31.5 Å². The molecule has 1 saturated heterocycles. The van der Waals surface area contributed by atoms with Crippen molar-refractivity contribution in [2.24, 2.45) is 5.92 Å². The summed E-state index contributed by atoms with van der Waals surface area (Å²) in [5.74, 6) is -1.63. The van der Waals surface area contributed by atoms with Gasteiger partial charge in [0.2, 0.25) is 5.91 Å². The summed E-state index contributed by atoms with van der Waals surface area (Å²) in [4.78, 5) is 51.4. The van der Waals surface area contributed by atoms with Crippen LogP contribution in [0.3, 0.4) is 0 Å². The molecule has 1 spiro atoms. The predicted molar refractivity (Wildman–Crippen MR) is 102 cm³/mol. The number of carbonyl (C=O) groups excluding carboxylic acids is 3. The van der Waals surface area contributed by atoms with E-state index in [-0.39, 0.29) is 5.91 Å². The Kier molecular flexibility index (Phi) is 5.67. The number of carboxylic acid groups (broad SMARTS) is 1. The molecule has 8 nitrogen and oxygen atoms in total.